The van der Waals surface area contributed by atoms with E-state index in [-0.39, 0.29) is 12.5 Å². The van der Waals surface area contributed by atoms with Gasteiger partial charge in [0.15, 0.2) is 0 Å². The Morgan fingerprint density at radius 1 is 1.50 bits per heavy atom. The molecule has 0 bridgehead atoms. The van der Waals surface area contributed by atoms with Crippen LogP contribution in [-0.2, 0) is 18.6 Å². The zero-order valence-corrected chi connectivity index (χ0v) is 11.0. The first-order chi connectivity index (χ1) is 7.18. The van der Waals surface area contributed by atoms with Gasteiger partial charge in [0.25, 0.3) is 0 Å². The Morgan fingerprint density at radius 2 is 2.06 bits per heavy atom. The Hall–Kier alpha value is -0.420. The van der Waals surface area contributed by atoms with Crippen LogP contribution < -0.4 is 5.32 Å². The van der Waals surface area contributed by atoms with E-state index < -0.39 is 13.0 Å². The number of ether oxygens (including phenoxy) is 1. The molecule has 16 heavy (non-hydrogen) atoms. The maximum absolute atomic E-state index is 11.0. The van der Waals surface area contributed by atoms with E-state index in [4.69, 9.17) is 14.2 Å². The average molecular weight is 253 g/mol. The van der Waals surface area contributed by atoms with E-state index in [1.165, 1.54) is 14.0 Å². The van der Waals surface area contributed by atoms with E-state index in [1.54, 1.807) is 0 Å². The first-order valence-electron chi connectivity index (χ1n) is 4.87. The molecule has 2 N–H and O–H groups in total. The van der Waals surface area contributed by atoms with Gasteiger partial charge >= 0.3 is 7.60 Å². The number of carbonyl (C=O) groups is 1. The van der Waals surface area contributed by atoms with Crippen LogP contribution in [0.4, 0.5) is 0 Å². The summed E-state index contributed by atoms with van der Waals surface area (Å²) in [6.45, 7) is 5.04. The summed E-state index contributed by atoms with van der Waals surface area (Å²) in [4.78, 5) is 19.8. The molecule has 0 aromatic heterocycles. The molecule has 0 spiro atoms. The average Bonchev–Trinajstić information content (AvgIpc) is 2.12. The molecule has 7 heteroatoms. The van der Waals surface area contributed by atoms with Crippen molar-refractivity contribution in [1.29, 1.82) is 0 Å². The predicted molar refractivity (Wildman–Crippen MR) is 60.4 cm³/mol. The summed E-state index contributed by atoms with van der Waals surface area (Å²) in [7, 11) is -1.98. The van der Waals surface area contributed by atoms with Crippen LogP contribution in [0.5, 0.6) is 0 Å². The smallest absolute Gasteiger partial charge is 0.325 e. The second-order valence-corrected chi connectivity index (χ2v) is 6.09. The number of rotatable bonds is 7. The lowest BCUT2D eigenvalue weighted by molar-refractivity contribution is -0.119. The lowest BCUT2D eigenvalue weighted by atomic mass is 9.93. The highest BCUT2D eigenvalue weighted by Crippen LogP contribution is 2.38. The van der Waals surface area contributed by atoms with Gasteiger partial charge in [-0.05, 0) is 0 Å². The lowest BCUT2D eigenvalue weighted by Gasteiger charge is -2.28. The van der Waals surface area contributed by atoms with Crippen molar-refractivity contribution in [2.45, 2.75) is 13.8 Å². The van der Waals surface area contributed by atoms with Gasteiger partial charge in [0.2, 0.25) is 5.91 Å². The number of hydrogen-bond acceptors (Lipinski definition) is 4. The third-order valence-electron chi connectivity index (χ3n) is 1.91. The SMILES string of the molecule is COC[C@](C)(CNC(C)=O)COP(C)(=O)O. The van der Waals surface area contributed by atoms with Gasteiger partial charge in [0, 0.05) is 32.7 Å². The molecule has 0 aliphatic rings. The van der Waals surface area contributed by atoms with Crippen molar-refractivity contribution in [1.82, 2.24) is 5.32 Å². The summed E-state index contributed by atoms with van der Waals surface area (Å²) in [5, 5.41) is 2.64. The van der Waals surface area contributed by atoms with Crippen LogP contribution in [0.3, 0.4) is 0 Å². The molecule has 0 aromatic rings. The summed E-state index contributed by atoms with van der Waals surface area (Å²) >= 11 is 0. The Bertz CT molecular complexity index is 277. The maximum atomic E-state index is 11.0. The predicted octanol–water partition coefficient (Wildman–Crippen LogP) is 0.607. The van der Waals surface area contributed by atoms with Gasteiger partial charge in [0.05, 0.1) is 13.2 Å². The Morgan fingerprint density at radius 3 is 2.44 bits per heavy atom. The second-order valence-electron chi connectivity index (χ2n) is 4.23. The van der Waals surface area contributed by atoms with E-state index in [9.17, 15) is 9.36 Å². The van der Waals surface area contributed by atoms with Crippen LogP contribution in [0.1, 0.15) is 13.8 Å². The minimum atomic E-state index is -3.50. The molecular formula is C9H20NO5P. The van der Waals surface area contributed by atoms with Gasteiger partial charge in [-0.1, -0.05) is 6.92 Å². The van der Waals surface area contributed by atoms with Crippen molar-refractivity contribution in [2.24, 2.45) is 5.41 Å². The molecule has 0 aliphatic heterocycles. The largest absolute Gasteiger partial charge is 0.384 e. The summed E-state index contributed by atoms with van der Waals surface area (Å²) in [6.07, 6.45) is 0. The molecule has 0 saturated carbocycles. The van der Waals surface area contributed by atoms with E-state index in [0.717, 1.165) is 6.66 Å². The fraction of sp³-hybridized carbons (Fsp3) is 0.889. The van der Waals surface area contributed by atoms with Crippen LogP contribution in [0.15, 0.2) is 0 Å². The third kappa shape index (κ3) is 7.82. The minimum absolute atomic E-state index is 0.0470. The molecule has 0 rings (SSSR count). The third-order valence-corrected chi connectivity index (χ3v) is 2.52. The molecule has 0 aliphatic carbocycles. The van der Waals surface area contributed by atoms with Gasteiger partial charge in [-0.15, -0.1) is 0 Å². The monoisotopic (exact) mass is 253 g/mol. The fourth-order valence-electron chi connectivity index (χ4n) is 1.11. The Balaban J connectivity index is 4.32. The first kappa shape index (κ1) is 15.6. The Labute approximate surface area is 95.9 Å². The lowest BCUT2D eigenvalue weighted by Crippen LogP contribution is -2.40. The highest BCUT2D eigenvalue weighted by molar-refractivity contribution is 7.51. The molecule has 1 amide bonds. The highest BCUT2D eigenvalue weighted by atomic mass is 31.2. The van der Waals surface area contributed by atoms with E-state index in [1.807, 2.05) is 6.92 Å². The maximum Gasteiger partial charge on any atom is 0.325 e. The normalized spacial score (nSPS) is 18.6. The van der Waals surface area contributed by atoms with Gasteiger partial charge in [0.1, 0.15) is 0 Å². The van der Waals surface area contributed by atoms with Crippen molar-refractivity contribution in [3.63, 3.8) is 0 Å². The van der Waals surface area contributed by atoms with Crippen molar-refractivity contribution in [3.8, 4) is 0 Å². The molecule has 0 aromatic carbocycles. The number of amides is 1. The van der Waals surface area contributed by atoms with Gasteiger partial charge in [-0.25, -0.2) is 0 Å². The quantitative estimate of drug-likeness (QED) is 0.649. The Kier molecular flexibility index (Phi) is 6.18. The number of methoxy groups -OCH3 is 1. The van der Waals surface area contributed by atoms with Crippen molar-refractivity contribution >= 4 is 13.5 Å². The molecule has 0 saturated heterocycles. The summed E-state index contributed by atoms with van der Waals surface area (Å²) in [6, 6.07) is 0. The number of carbonyl (C=O) groups excluding carboxylic acids is 1. The van der Waals surface area contributed by atoms with Crippen LogP contribution in [0.2, 0.25) is 0 Å². The van der Waals surface area contributed by atoms with Crippen LogP contribution in [-0.4, -0.2) is 44.3 Å². The van der Waals surface area contributed by atoms with Gasteiger partial charge < -0.3 is 19.5 Å². The molecule has 0 radical (unpaired) electrons. The zero-order chi connectivity index (χ0) is 12.8. The second kappa shape index (κ2) is 6.35. The summed E-state index contributed by atoms with van der Waals surface area (Å²) < 4.78 is 20.9. The van der Waals surface area contributed by atoms with Crippen LogP contribution >= 0.6 is 7.60 Å². The van der Waals surface area contributed by atoms with Gasteiger partial charge in [-0.2, -0.15) is 0 Å². The molecular weight excluding hydrogens is 233 g/mol. The highest BCUT2D eigenvalue weighted by Gasteiger charge is 2.28. The molecule has 1 unspecified atom stereocenters. The number of hydrogen-bond donors (Lipinski definition) is 2. The van der Waals surface area contributed by atoms with Crippen molar-refractivity contribution in [3.05, 3.63) is 0 Å². The molecule has 0 fully saturated rings. The molecule has 6 nitrogen and oxygen atoms in total. The summed E-state index contributed by atoms with van der Waals surface area (Å²) in [5.74, 6) is -0.161. The van der Waals surface area contributed by atoms with E-state index in [0.29, 0.717) is 13.2 Å². The van der Waals surface area contributed by atoms with Crippen molar-refractivity contribution < 1.29 is 23.5 Å². The van der Waals surface area contributed by atoms with Gasteiger partial charge in [-0.3, -0.25) is 9.36 Å². The van der Waals surface area contributed by atoms with Crippen LogP contribution in [0, 0.1) is 5.41 Å². The van der Waals surface area contributed by atoms with Crippen LogP contribution in [0.25, 0.3) is 0 Å². The van der Waals surface area contributed by atoms with E-state index in [2.05, 4.69) is 5.32 Å². The fourth-order valence-corrected chi connectivity index (χ4v) is 1.66. The molecule has 96 valence electrons. The number of nitrogens with one attached hydrogen (secondary N) is 1. The standard InChI is InChI=1S/C9H20NO5P/c1-8(11)10-5-9(2,6-14-3)7-15-16(4,12)13/h5-7H2,1-4H3,(H,10,11)(H,12,13)/t9-/m0/s1. The first-order valence-corrected chi connectivity index (χ1v) is 6.89. The molecule has 2 atom stereocenters. The zero-order valence-electron chi connectivity index (χ0n) is 10.1. The summed E-state index contributed by atoms with van der Waals surface area (Å²) in [5.41, 5.74) is -0.519. The van der Waals surface area contributed by atoms with Crippen molar-refractivity contribution in [2.75, 3.05) is 33.5 Å². The topological polar surface area (TPSA) is 84.9 Å². The minimum Gasteiger partial charge on any atom is -0.384 e. The molecule has 0 heterocycles. The van der Waals surface area contributed by atoms with E-state index >= 15 is 0 Å².